The predicted molar refractivity (Wildman–Crippen MR) is 71.7 cm³/mol. The van der Waals surface area contributed by atoms with Crippen molar-refractivity contribution < 1.29 is 4.74 Å². The van der Waals surface area contributed by atoms with Crippen LogP contribution in [-0.4, -0.2) is 40.8 Å². The maximum Gasteiger partial charge on any atom is 0.187 e. The van der Waals surface area contributed by atoms with Crippen LogP contribution in [0.1, 0.15) is 11.4 Å². The Morgan fingerprint density at radius 2 is 2.06 bits per heavy atom. The van der Waals surface area contributed by atoms with Gasteiger partial charge < -0.3 is 9.64 Å². The van der Waals surface area contributed by atoms with Crippen molar-refractivity contribution >= 4 is 16.5 Å². The van der Waals surface area contributed by atoms with Gasteiger partial charge in [0.2, 0.25) is 0 Å². The van der Waals surface area contributed by atoms with Gasteiger partial charge in [0, 0.05) is 24.2 Å². The van der Waals surface area contributed by atoms with Gasteiger partial charge in [-0.05, 0) is 13.8 Å². The van der Waals surface area contributed by atoms with Gasteiger partial charge in [0.25, 0.3) is 0 Å². The molecule has 0 bridgehead atoms. The van der Waals surface area contributed by atoms with Gasteiger partial charge >= 0.3 is 0 Å². The highest BCUT2D eigenvalue weighted by atomic mass is 32.1. The van der Waals surface area contributed by atoms with Crippen molar-refractivity contribution in [3.63, 3.8) is 0 Å². The Labute approximate surface area is 110 Å². The molecule has 96 valence electrons. The summed E-state index contributed by atoms with van der Waals surface area (Å²) in [7, 11) is 0. The number of ether oxygens (including phenoxy) is 1. The molecule has 1 saturated heterocycles. The Bertz CT molecular complexity index is 542. The summed E-state index contributed by atoms with van der Waals surface area (Å²) in [5.41, 5.74) is 2.20. The Kier molecular flexibility index (Phi) is 3.05. The van der Waals surface area contributed by atoms with Crippen molar-refractivity contribution in [2.75, 3.05) is 31.2 Å². The minimum absolute atomic E-state index is 0.790. The highest BCUT2D eigenvalue weighted by Crippen LogP contribution is 2.24. The summed E-state index contributed by atoms with van der Waals surface area (Å²) in [5.74, 6) is 0.958. The van der Waals surface area contributed by atoms with Crippen LogP contribution in [0.5, 0.6) is 0 Å². The molecular weight excluding hydrogens is 248 g/mol. The second-order valence-electron chi connectivity index (χ2n) is 4.37. The molecule has 1 fully saturated rings. The zero-order chi connectivity index (χ0) is 12.5. The van der Waals surface area contributed by atoms with E-state index in [2.05, 4.69) is 22.2 Å². The van der Waals surface area contributed by atoms with Crippen molar-refractivity contribution in [3.05, 3.63) is 23.1 Å². The molecule has 2 aromatic heterocycles. The number of nitrogens with zero attached hydrogens (tertiary/aromatic N) is 4. The van der Waals surface area contributed by atoms with Crippen LogP contribution in [0.25, 0.3) is 5.82 Å². The van der Waals surface area contributed by atoms with Crippen molar-refractivity contribution in [3.8, 4) is 5.82 Å². The van der Waals surface area contributed by atoms with E-state index in [0.29, 0.717) is 0 Å². The minimum Gasteiger partial charge on any atom is -0.378 e. The number of anilines is 1. The Morgan fingerprint density at radius 1 is 1.28 bits per heavy atom. The maximum absolute atomic E-state index is 5.36. The zero-order valence-corrected chi connectivity index (χ0v) is 11.4. The quantitative estimate of drug-likeness (QED) is 0.829. The second-order valence-corrected chi connectivity index (χ2v) is 5.21. The average Bonchev–Trinajstić information content (AvgIpc) is 3.00. The molecule has 0 amide bonds. The summed E-state index contributed by atoms with van der Waals surface area (Å²) < 4.78 is 7.39. The third kappa shape index (κ3) is 2.02. The monoisotopic (exact) mass is 264 g/mol. The summed E-state index contributed by atoms with van der Waals surface area (Å²) in [5, 5.41) is 3.15. The number of imidazole rings is 1. The van der Waals surface area contributed by atoms with E-state index in [1.165, 1.54) is 0 Å². The molecule has 0 saturated carbocycles. The molecule has 18 heavy (non-hydrogen) atoms. The number of aryl methyl sites for hydroxylation is 1. The average molecular weight is 264 g/mol. The summed E-state index contributed by atoms with van der Waals surface area (Å²) in [6.45, 7) is 7.51. The Balaban J connectivity index is 1.87. The van der Waals surface area contributed by atoms with Gasteiger partial charge in [-0.25, -0.2) is 9.97 Å². The highest BCUT2D eigenvalue weighted by molar-refractivity contribution is 7.14. The van der Waals surface area contributed by atoms with Crippen LogP contribution < -0.4 is 4.90 Å². The van der Waals surface area contributed by atoms with Crippen molar-refractivity contribution in [2.24, 2.45) is 0 Å². The summed E-state index contributed by atoms with van der Waals surface area (Å²) in [4.78, 5) is 11.3. The molecule has 0 N–H and O–H groups in total. The predicted octanol–water partition coefficient (Wildman–Crippen LogP) is 1.78. The first-order valence-electron chi connectivity index (χ1n) is 6.05. The smallest absolute Gasteiger partial charge is 0.187 e. The molecule has 0 spiro atoms. The van der Waals surface area contributed by atoms with E-state index in [1.807, 2.05) is 17.8 Å². The van der Waals surface area contributed by atoms with E-state index in [9.17, 15) is 0 Å². The van der Waals surface area contributed by atoms with E-state index in [4.69, 9.17) is 9.72 Å². The van der Waals surface area contributed by atoms with Crippen LogP contribution >= 0.6 is 11.3 Å². The first-order valence-corrected chi connectivity index (χ1v) is 6.93. The standard InChI is InChI=1S/C12H16N4OS/c1-9-10(2)16(8-13-9)11-7-18-12(14-11)15-3-5-17-6-4-15/h7-8H,3-6H2,1-2H3. The molecule has 3 heterocycles. The number of rotatable bonds is 2. The Hall–Kier alpha value is -1.40. The third-order valence-corrected chi connectivity index (χ3v) is 4.15. The molecule has 3 rings (SSSR count). The molecule has 2 aromatic rings. The molecule has 0 radical (unpaired) electrons. The number of hydrogen-bond acceptors (Lipinski definition) is 5. The van der Waals surface area contributed by atoms with E-state index in [0.717, 1.165) is 48.6 Å². The number of hydrogen-bond donors (Lipinski definition) is 0. The lowest BCUT2D eigenvalue weighted by Gasteiger charge is -2.25. The SMILES string of the molecule is Cc1ncn(-c2csc(N3CCOCC3)n2)c1C. The van der Waals surface area contributed by atoms with Crippen molar-refractivity contribution in [1.82, 2.24) is 14.5 Å². The van der Waals surface area contributed by atoms with Gasteiger partial charge in [0.05, 0.1) is 18.9 Å². The van der Waals surface area contributed by atoms with Crippen LogP contribution in [0, 0.1) is 13.8 Å². The summed E-state index contributed by atoms with van der Waals surface area (Å²) in [6, 6.07) is 0. The zero-order valence-electron chi connectivity index (χ0n) is 10.6. The largest absolute Gasteiger partial charge is 0.378 e. The first-order chi connectivity index (χ1) is 8.75. The fraction of sp³-hybridized carbons (Fsp3) is 0.500. The molecule has 1 aliphatic heterocycles. The fourth-order valence-electron chi connectivity index (χ4n) is 2.00. The second kappa shape index (κ2) is 4.70. The van der Waals surface area contributed by atoms with E-state index in [1.54, 1.807) is 11.3 Å². The molecule has 0 atom stereocenters. The van der Waals surface area contributed by atoms with Gasteiger partial charge in [-0.2, -0.15) is 0 Å². The lowest BCUT2D eigenvalue weighted by atomic mass is 10.4. The van der Waals surface area contributed by atoms with Gasteiger partial charge in [0.15, 0.2) is 10.9 Å². The van der Waals surface area contributed by atoms with Crippen LogP contribution in [0.15, 0.2) is 11.7 Å². The molecule has 1 aliphatic rings. The van der Waals surface area contributed by atoms with Crippen LogP contribution in [0.4, 0.5) is 5.13 Å². The van der Waals surface area contributed by atoms with Gasteiger partial charge in [-0.15, -0.1) is 11.3 Å². The van der Waals surface area contributed by atoms with Gasteiger partial charge in [-0.1, -0.05) is 0 Å². The van der Waals surface area contributed by atoms with Crippen LogP contribution in [0.3, 0.4) is 0 Å². The minimum atomic E-state index is 0.790. The first kappa shape index (κ1) is 11.7. The van der Waals surface area contributed by atoms with Crippen molar-refractivity contribution in [2.45, 2.75) is 13.8 Å². The summed E-state index contributed by atoms with van der Waals surface area (Å²) in [6.07, 6.45) is 1.84. The molecule has 0 unspecified atom stereocenters. The van der Waals surface area contributed by atoms with Gasteiger partial charge in [0.1, 0.15) is 6.33 Å². The number of thiazole rings is 1. The maximum atomic E-state index is 5.36. The molecule has 5 nitrogen and oxygen atoms in total. The lowest BCUT2D eigenvalue weighted by Crippen LogP contribution is -2.36. The normalized spacial score (nSPS) is 16.2. The topological polar surface area (TPSA) is 43.2 Å². The van der Waals surface area contributed by atoms with Gasteiger partial charge in [-0.3, -0.25) is 4.57 Å². The highest BCUT2D eigenvalue weighted by Gasteiger charge is 2.16. The molecular formula is C12H16N4OS. The van der Waals surface area contributed by atoms with Crippen LogP contribution in [0.2, 0.25) is 0 Å². The van der Waals surface area contributed by atoms with E-state index >= 15 is 0 Å². The summed E-state index contributed by atoms with van der Waals surface area (Å²) >= 11 is 1.68. The Morgan fingerprint density at radius 3 is 2.72 bits per heavy atom. The third-order valence-electron chi connectivity index (χ3n) is 3.26. The number of aromatic nitrogens is 3. The lowest BCUT2D eigenvalue weighted by molar-refractivity contribution is 0.122. The molecule has 0 aromatic carbocycles. The fourth-order valence-corrected chi connectivity index (χ4v) is 2.85. The number of morpholine rings is 1. The van der Waals surface area contributed by atoms with E-state index < -0.39 is 0 Å². The van der Waals surface area contributed by atoms with Crippen molar-refractivity contribution in [1.29, 1.82) is 0 Å². The molecule has 0 aliphatic carbocycles. The van der Waals surface area contributed by atoms with Crippen LogP contribution in [-0.2, 0) is 4.74 Å². The van der Waals surface area contributed by atoms with E-state index in [-0.39, 0.29) is 0 Å². The molecule has 6 heteroatoms.